The largest absolute Gasteiger partial charge is 0.355 e. The van der Waals surface area contributed by atoms with E-state index in [1.54, 1.807) is 0 Å². The number of nitrogens with two attached hydrogens (primary N) is 1. The van der Waals surface area contributed by atoms with Crippen LogP contribution in [0.3, 0.4) is 0 Å². The second-order valence-electron chi connectivity index (χ2n) is 4.25. The number of halogens is 2. The van der Waals surface area contributed by atoms with E-state index in [2.05, 4.69) is 31.9 Å². The third-order valence-electron chi connectivity index (χ3n) is 2.85. The summed E-state index contributed by atoms with van der Waals surface area (Å²) in [5.74, 6) is 0.862. The lowest BCUT2D eigenvalue weighted by atomic mass is 10.2. The Hall–Kier alpha value is -1.10. The summed E-state index contributed by atoms with van der Waals surface area (Å²) < 4.78 is 1.09. The Bertz CT molecular complexity index is 574. The van der Waals surface area contributed by atoms with E-state index in [-0.39, 0.29) is 0 Å². The number of hydrogen-bond donors (Lipinski definition) is 1. The van der Waals surface area contributed by atoms with E-state index in [4.69, 9.17) is 17.3 Å². The molecule has 0 aliphatic carbocycles. The van der Waals surface area contributed by atoms with Crippen LogP contribution in [0.15, 0.2) is 40.9 Å². The van der Waals surface area contributed by atoms with Gasteiger partial charge in [-0.1, -0.05) is 45.7 Å². The molecule has 0 saturated carbocycles. The molecule has 0 saturated heterocycles. The molecule has 0 aliphatic heterocycles. The van der Waals surface area contributed by atoms with Gasteiger partial charge in [-0.25, -0.2) is 4.98 Å². The lowest BCUT2D eigenvalue weighted by molar-refractivity contribution is 0.875. The van der Waals surface area contributed by atoms with E-state index in [9.17, 15) is 0 Å². The second kappa shape index (κ2) is 6.37. The number of anilines is 1. The Balaban J connectivity index is 2.20. The number of hydrogen-bond acceptors (Lipinski definition) is 3. The van der Waals surface area contributed by atoms with Crippen LogP contribution < -0.4 is 10.6 Å². The fraction of sp³-hybridized carbons (Fsp3) is 0.214. The molecule has 100 valence electrons. The number of benzene rings is 1. The molecule has 1 heterocycles. The molecule has 0 bridgehead atoms. The molecule has 0 spiro atoms. The van der Waals surface area contributed by atoms with Crippen molar-refractivity contribution in [1.82, 2.24) is 4.98 Å². The van der Waals surface area contributed by atoms with Crippen LogP contribution in [0.1, 0.15) is 11.3 Å². The molecule has 0 radical (unpaired) electrons. The summed E-state index contributed by atoms with van der Waals surface area (Å²) >= 11 is 9.57. The first kappa shape index (κ1) is 14.3. The average molecular weight is 341 g/mol. The van der Waals surface area contributed by atoms with Gasteiger partial charge in [0.15, 0.2) is 0 Å². The van der Waals surface area contributed by atoms with Crippen LogP contribution in [-0.4, -0.2) is 12.0 Å². The molecule has 0 amide bonds. The quantitative estimate of drug-likeness (QED) is 0.925. The molecule has 0 unspecified atom stereocenters. The van der Waals surface area contributed by atoms with Crippen molar-refractivity contribution in [3.05, 3.63) is 57.2 Å². The van der Waals surface area contributed by atoms with Crippen molar-refractivity contribution < 1.29 is 0 Å². The molecule has 0 aliphatic rings. The Morgan fingerprint density at radius 3 is 2.68 bits per heavy atom. The van der Waals surface area contributed by atoms with Crippen molar-refractivity contribution >= 4 is 33.3 Å². The highest BCUT2D eigenvalue weighted by molar-refractivity contribution is 9.10. The van der Waals surface area contributed by atoms with Gasteiger partial charge >= 0.3 is 0 Å². The van der Waals surface area contributed by atoms with Gasteiger partial charge in [0.05, 0.1) is 10.7 Å². The monoisotopic (exact) mass is 339 g/mol. The lowest BCUT2D eigenvalue weighted by Crippen LogP contribution is -2.19. The van der Waals surface area contributed by atoms with E-state index in [1.807, 2.05) is 37.4 Å². The van der Waals surface area contributed by atoms with Gasteiger partial charge in [0.2, 0.25) is 0 Å². The lowest BCUT2D eigenvalue weighted by Gasteiger charge is -2.20. The smallest absolute Gasteiger partial charge is 0.129 e. The maximum atomic E-state index is 6.02. The van der Waals surface area contributed by atoms with Crippen molar-refractivity contribution in [2.75, 3.05) is 11.9 Å². The van der Waals surface area contributed by atoms with E-state index < -0.39 is 0 Å². The van der Waals surface area contributed by atoms with Gasteiger partial charge in [-0.3, -0.25) is 0 Å². The topological polar surface area (TPSA) is 42.1 Å². The number of aromatic nitrogens is 1. The molecule has 0 fully saturated rings. The predicted octanol–water partition coefficient (Wildman–Crippen LogP) is 3.59. The van der Waals surface area contributed by atoms with E-state index in [1.165, 1.54) is 5.56 Å². The Morgan fingerprint density at radius 1 is 1.26 bits per heavy atom. The van der Waals surface area contributed by atoms with Gasteiger partial charge in [0.25, 0.3) is 0 Å². The highest BCUT2D eigenvalue weighted by Gasteiger charge is 2.08. The summed E-state index contributed by atoms with van der Waals surface area (Å²) in [5, 5.41) is 0.612. The molecular weight excluding hydrogens is 326 g/mol. The third-order valence-corrected chi connectivity index (χ3v) is 3.97. The fourth-order valence-electron chi connectivity index (χ4n) is 1.79. The maximum Gasteiger partial charge on any atom is 0.129 e. The summed E-state index contributed by atoms with van der Waals surface area (Å²) in [6, 6.07) is 11.9. The normalized spacial score (nSPS) is 10.5. The average Bonchev–Trinajstić information content (AvgIpc) is 2.42. The van der Waals surface area contributed by atoms with Crippen LogP contribution in [0.2, 0.25) is 5.02 Å². The summed E-state index contributed by atoms with van der Waals surface area (Å²) in [5.41, 5.74) is 7.55. The Morgan fingerprint density at radius 2 is 2.00 bits per heavy atom. The zero-order chi connectivity index (χ0) is 13.8. The molecule has 1 aromatic heterocycles. The molecule has 1 aromatic carbocycles. The Kier molecular flexibility index (Phi) is 4.80. The predicted molar refractivity (Wildman–Crippen MR) is 83.4 cm³/mol. The van der Waals surface area contributed by atoms with E-state index in [0.29, 0.717) is 11.6 Å². The van der Waals surface area contributed by atoms with Crippen LogP contribution in [0.4, 0.5) is 5.82 Å². The van der Waals surface area contributed by atoms with Gasteiger partial charge in [0.1, 0.15) is 5.82 Å². The summed E-state index contributed by atoms with van der Waals surface area (Å²) in [4.78, 5) is 6.54. The molecule has 19 heavy (non-hydrogen) atoms. The van der Waals surface area contributed by atoms with Gasteiger partial charge in [-0.05, 0) is 23.8 Å². The molecule has 3 nitrogen and oxygen atoms in total. The van der Waals surface area contributed by atoms with Crippen LogP contribution in [0, 0.1) is 0 Å². The minimum Gasteiger partial charge on any atom is -0.355 e. The van der Waals surface area contributed by atoms with Gasteiger partial charge in [0, 0.05) is 24.6 Å². The maximum absolute atomic E-state index is 6.02. The highest BCUT2D eigenvalue weighted by atomic mass is 79.9. The van der Waals surface area contributed by atoms with Crippen LogP contribution >= 0.6 is 27.5 Å². The first-order valence-electron chi connectivity index (χ1n) is 5.92. The third kappa shape index (κ3) is 3.47. The molecule has 2 rings (SSSR count). The molecular formula is C14H15BrClN3. The van der Waals surface area contributed by atoms with Crippen molar-refractivity contribution in [1.29, 1.82) is 0 Å². The highest BCUT2D eigenvalue weighted by Crippen LogP contribution is 2.22. The van der Waals surface area contributed by atoms with Crippen molar-refractivity contribution in [3.8, 4) is 0 Å². The number of pyridine rings is 1. The van der Waals surface area contributed by atoms with Crippen LogP contribution in [0.25, 0.3) is 0 Å². The molecule has 0 atom stereocenters. The molecule has 5 heteroatoms. The van der Waals surface area contributed by atoms with Gasteiger partial charge < -0.3 is 10.6 Å². The van der Waals surface area contributed by atoms with Crippen LogP contribution in [0.5, 0.6) is 0 Å². The van der Waals surface area contributed by atoms with Crippen molar-refractivity contribution in [2.45, 2.75) is 13.1 Å². The number of nitrogens with zero attached hydrogens (tertiary/aromatic N) is 2. The van der Waals surface area contributed by atoms with Crippen LogP contribution in [-0.2, 0) is 13.1 Å². The SMILES string of the molecule is CN(Cc1ccccc1Br)c1ccc(Cl)c(CN)n1. The van der Waals surface area contributed by atoms with Gasteiger partial charge in [-0.15, -0.1) is 0 Å². The fourth-order valence-corrected chi connectivity index (χ4v) is 2.38. The minimum absolute atomic E-state index is 0.343. The first-order chi connectivity index (χ1) is 9.11. The molecule has 2 N–H and O–H groups in total. The van der Waals surface area contributed by atoms with E-state index in [0.717, 1.165) is 22.5 Å². The number of rotatable bonds is 4. The Labute approximate surface area is 126 Å². The summed E-state index contributed by atoms with van der Waals surface area (Å²) in [6.45, 7) is 1.11. The first-order valence-corrected chi connectivity index (χ1v) is 7.09. The van der Waals surface area contributed by atoms with Gasteiger partial charge in [-0.2, -0.15) is 0 Å². The summed E-state index contributed by atoms with van der Waals surface area (Å²) in [6.07, 6.45) is 0. The van der Waals surface area contributed by atoms with Crippen molar-refractivity contribution in [2.24, 2.45) is 5.73 Å². The zero-order valence-electron chi connectivity index (χ0n) is 10.6. The molecule has 2 aromatic rings. The van der Waals surface area contributed by atoms with E-state index >= 15 is 0 Å². The standard InChI is InChI=1S/C14H15BrClN3/c1-19(9-10-4-2-3-5-11(10)15)14-7-6-12(16)13(8-17)18-14/h2-7H,8-9,17H2,1H3. The minimum atomic E-state index is 0.343. The summed E-state index contributed by atoms with van der Waals surface area (Å²) in [7, 11) is 2.00. The zero-order valence-corrected chi connectivity index (χ0v) is 12.9. The second-order valence-corrected chi connectivity index (χ2v) is 5.51. The van der Waals surface area contributed by atoms with Crippen molar-refractivity contribution in [3.63, 3.8) is 0 Å².